The summed E-state index contributed by atoms with van der Waals surface area (Å²) in [6.07, 6.45) is 0. The number of carbonyl (C=O) groups excluding carboxylic acids is 2. The number of carbonyl (C=O) groups is 3. The van der Waals surface area contributed by atoms with Gasteiger partial charge in [-0.3, -0.25) is 4.79 Å². The van der Waals surface area contributed by atoms with Crippen molar-refractivity contribution >= 4 is 39.5 Å². The first-order valence-electron chi connectivity index (χ1n) is 5.78. The van der Waals surface area contributed by atoms with Crippen LogP contribution in [0, 0.1) is 0 Å². The highest BCUT2D eigenvalue weighted by atomic mass is 79.9. The smallest absolute Gasteiger partial charge is 0.336 e. The van der Waals surface area contributed by atoms with Gasteiger partial charge in [-0.2, -0.15) is 0 Å². The maximum absolute atomic E-state index is 11.5. The van der Waals surface area contributed by atoms with Crippen molar-refractivity contribution in [1.29, 1.82) is 0 Å². The first-order chi connectivity index (χ1) is 9.43. The van der Waals surface area contributed by atoms with Crippen LogP contribution in [-0.4, -0.2) is 36.1 Å². The quantitative estimate of drug-likeness (QED) is 0.648. The van der Waals surface area contributed by atoms with Crippen LogP contribution in [0.3, 0.4) is 0 Å². The molecule has 0 bridgehead atoms. The van der Waals surface area contributed by atoms with Gasteiger partial charge in [0, 0.05) is 16.7 Å². The van der Waals surface area contributed by atoms with Crippen LogP contribution < -0.4 is 16.0 Å². The van der Waals surface area contributed by atoms with E-state index in [1.807, 2.05) is 0 Å². The third-order valence-corrected chi connectivity index (χ3v) is 2.93. The van der Waals surface area contributed by atoms with Gasteiger partial charge in [0.1, 0.15) is 0 Å². The molecule has 0 heterocycles. The standard InChI is InChI=1S/C12H14BrN3O4/c1-2-14-10(17)6-15-12(20)16-7-3-4-9(13)8(5-7)11(18)19/h3-5H,2,6H2,1H3,(H,14,17)(H,18,19)(H2,15,16,20). The van der Waals surface area contributed by atoms with Crippen LogP contribution in [0.2, 0.25) is 0 Å². The number of urea groups is 1. The summed E-state index contributed by atoms with van der Waals surface area (Å²) in [7, 11) is 0. The van der Waals surface area contributed by atoms with Crippen LogP contribution in [0.5, 0.6) is 0 Å². The Morgan fingerprint density at radius 2 is 1.95 bits per heavy atom. The van der Waals surface area contributed by atoms with Crippen molar-refractivity contribution in [2.75, 3.05) is 18.4 Å². The molecule has 20 heavy (non-hydrogen) atoms. The number of nitrogens with one attached hydrogen (secondary N) is 3. The lowest BCUT2D eigenvalue weighted by molar-refractivity contribution is -0.119. The van der Waals surface area contributed by atoms with Gasteiger partial charge in [-0.25, -0.2) is 9.59 Å². The molecule has 8 heteroatoms. The van der Waals surface area contributed by atoms with Gasteiger partial charge in [0.2, 0.25) is 5.91 Å². The van der Waals surface area contributed by atoms with E-state index in [-0.39, 0.29) is 18.0 Å². The fourth-order valence-corrected chi connectivity index (χ4v) is 1.78. The summed E-state index contributed by atoms with van der Waals surface area (Å²) in [5.41, 5.74) is 0.352. The molecule has 1 aromatic carbocycles. The first-order valence-corrected chi connectivity index (χ1v) is 6.57. The molecule has 0 radical (unpaired) electrons. The fourth-order valence-electron chi connectivity index (χ4n) is 1.36. The average molecular weight is 344 g/mol. The van der Waals surface area contributed by atoms with E-state index in [2.05, 4.69) is 31.9 Å². The fraction of sp³-hybridized carbons (Fsp3) is 0.250. The van der Waals surface area contributed by atoms with Gasteiger partial charge in [0.25, 0.3) is 0 Å². The minimum atomic E-state index is -1.11. The predicted octanol–water partition coefficient (Wildman–Crippen LogP) is 1.40. The van der Waals surface area contributed by atoms with Gasteiger partial charge in [-0.15, -0.1) is 0 Å². The maximum atomic E-state index is 11.5. The Morgan fingerprint density at radius 1 is 1.25 bits per heavy atom. The molecule has 1 aromatic rings. The van der Waals surface area contributed by atoms with E-state index in [1.165, 1.54) is 12.1 Å². The zero-order valence-corrected chi connectivity index (χ0v) is 12.3. The number of hydrogen-bond acceptors (Lipinski definition) is 3. The summed E-state index contributed by atoms with van der Waals surface area (Å²) in [5.74, 6) is -1.41. The summed E-state index contributed by atoms with van der Waals surface area (Å²) in [6, 6.07) is 3.79. The lowest BCUT2D eigenvalue weighted by atomic mass is 10.2. The highest BCUT2D eigenvalue weighted by Gasteiger charge is 2.10. The van der Waals surface area contributed by atoms with E-state index in [4.69, 9.17) is 5.11 Å². The number of benzene rings is 1. The summed E-state index contributed by atoms with van der Waals surface area (Å²) < 4.78 is 0.415. The molecule has 0 saturated heterocycles. The van der Waals surface area contributed by atoms with Gasteiger partial charge in [0.05, 0.1) is 12.1 Å². The minimum absolute atomic E-state index is 0.0338. The van der Waals surface area contributed by atoms with Crippen LogP contribution in [0.15, 0.2) is 22.7 Å². The Kier molecular flexibility index (Phi) is 5.98. The summed E-state index contributed by atoms with van der Waals surface area (Å²) in [5, 5.41) is 16.3. The van der Waals surface area contributed by atoms with Gasteiger partial charge in [0.15, 0.2) is 0 Å². The lowest BCUT2D eigenvalue weighted by Crippen LogP contribution is -2.38. The van der Waals surface area contributed by atoms with Crippen molar-refractivity contribution in [2.24, 2.45) is 0 Å². The zero-order valence-electron chi connectivity index (χ0n) is 10.7. The lowest BCUT2D eigenvalue weighted by Gasteiger charge is -2.08. The molecule has 0 aliphatic rings. The number of likely N-dealkylation sites (N-methyl/N-ethyl adjacent to an activating group) is 1. The molecular formula is C12H14BrN3O4. The van der Waals surface area contributed by atoms with E-state index in [0.29, 0.717) is 16.7 Å². The number of carboxylic acids is 1. The molecule has 108 valence electrons. The SMILES string of the molecule is CCNC(=O)CNC(=O)Nc1ccc(Br)c(C(=O)O)c1. The van der Waals surface area contributed by atoms with Gasteiger partial charge >= 0.3 is 12.0 Å². The van der Waals surface area contributed by atoms with Crippen LogP contribution in [-0.2, 0) is 4.79 Å². The van der Waals surface area contributed by atoms with Crippen molar-refractivity contribution < 1.29 is 19.5 Å². The Morgan fingerprint density at radius 3 is 2.55 bits per heavy atom. The molecule has 0 fully saturated rings. The van der Waals surface area contributed by atoms with Gasteiger partial charge in [-0.1, -0.05) is 0 Å². The van der Waals surface area contributed by atoms with Crippen LogP contribution in [0.1, 0.15) is 17.3 Å². The van der Waals surface area contributed by atoms with Crippen LogP contribution in [0.4, 0.5) is 10.5 Å². The number of hydrogen-bond donors (Lipinski definition) is 4. The van der Waals surface area contributed by atoms with Gasteiger partial charge < -0.3 is 21.1 Å². The maximum Gasteiger partial charge on any atom is 0.336 e. The second-order valence-electron chi connectivity index (χ2n) is 3.76. The molecule has 0 saturated carbocycles. The van der Waals surface area contributed by atoms with E-state index >= 15 is 0 Å². The molecular weight excluding hydrogens is 330 g/mol. The number of aromatic carboxylic acids is 1. The third kappa shape index (κ3) is 4.88. The molecule has 0 atom stereocenters. The number of amides is 3. The topological polar surface area (TPSA) is 108 Å². The Bertz CT molecular complexity index is 533. The second-order valence-corrected chi connectivity index (χ2v) is 4.62. The molecule has 0 aliphatic carbocycles. The highest BCUT2D eigenvalue weighted by Crippen LogP contribution is 2.21. The molecule has 3 amide bonds. The molecule has 7 nitrogen and oxygen atoms in total. The minimum Gasteiger partial charge on any atom is -0.478 e. The second kappa shape index (κ2) is 7.49. The number of rotatable bonds is 5. The van der Waals surface area contributed by atoms with Gasteiger partial charge in [-0.05, 0) is 41.1 Å². The molecule has 0 unspecified atom stereocenters. The molecule has 0 spiro atoms. The third-order valence-electron chi connectivity index (χ3n) is 2.24. The summed E-state index contributed by atoms with van der Waals surface area (Å²) in [6.45, 7) is 2.10. The Balaban J connectivity index is 2.60. The van der Waals surface area contributed by atoms with Crippen molar-refractivity contribution in [2.45, 2.75) is 6.92 Å². The monoisotopic (exact) mass is 343 g/mol. The normalized spacial score (nSPS) is 9.70. The zero-order chi connectivity index (χ0) is 15.1. The Labute approximate surface area is 123 Å². The number of anilines is 1. The van der Waals surface area contributed by atoms with E-state index in [0.717, 1.165) is 0 Å². The predicted molar refractivity (Wildman–Crippen MR) is 76.8 cm³/mol. The van der Waals surface area contributed by atoms with Crippen molar-refractivity contribution in [3.63, 3.8) is 0 Å². The van der Waals surface area contributed by atoms with E-state index < -0.39 is 12.0 Å². The molecule has 4 N–H and O–H groups in total. The molecule has 1 rings (SSSR count). The van der Waals surface area contributed by atoms with E-state index in [9.17, 15) is 14.4 Å². The van der Waals surface area contributed by atoms with Crippen molar-refractivity contribution in [3.05, 3.63) is 28.2 Å². The molecule has 0 aromatic heterocycles. The van der Waals surface area contributed by atoms with Crippen LogP contribution >= 0.6 is 15.9 Å². The first kappa shape index (κ1) is 16.0. The van der Waals surface area contributed by atoms with Crippen molar-refractivity contribution in [3.8, 4) is 0 Å². The van der Waals surface area contributed by atoms with Crippen molar-refractivity contribution in [1.82, 2.24) is 10.6 Å². The van der Waals surface area contributed by atoms with Crippen LogP contribution in [0.25, 0.3) is 0 Å². The average Bonchev–Trinajstić information content (AvgIpc) is 2.39. The van der Waals surface area contributed by atoms with E-state index in [1.54, 1.807) is 13.0 Å². The summed E-state index contributed by atoms with van der Waals surface area (Å²) in [4.78, 5) is 33.6. The number of halogens is 1. The summed E-state index contributed by atoms with van der Waals surface area (Å²) >= 11 is 3.10. The Hall–Kier alpha value is -2.09. The highest BCUT2D eigenvalue weighted by molar-refractivity contribution is 9.10. The molecule has 0 aliphatic heterocycles. The number of carboxylic acid groups (broad SMARTS) is 1. The largest absolute Gasteiger partial charge is 0.478 e.